The first-order valence-electron chi connectivity index (χ1n) is 5.98. The molecule has 0 saturated heterocycles. The number of carbonyl (C=O) groups excluding carboxylic acids is 1. The largest absolute Gasteiger partial charge is 0.304 e. The fourth-order valence-electron chi connectivity index (χ4n) is 2.46. The SMILES string of the molecule is Cc1cc(C)cc(N2Cc3ccncc3C2=O)c1. The Morgan fingerprint density at radius 3 is 2.56 bits per heavy atom. The van der Waals surface area contributed by atoms with Crippen molar-refractivity contribution in [2.45, 2.75) is 20.4 Å². The number of pyridine rings is 1. The number of rotatable bonds is 1. The topological polar surface area (TPSA) is 33.2 Å². The van der Waals surface area contributed by atoms with E-state index in [9.17, 15) is 4.79 Å². The lowest BCUT2D eigenvalue weighted by atomic mass is 10.1. The van der Waals surface area contributed by atoms with Gasteiger partial charge in [-0.25, -0.2) is 0 Å². The van der Waals surface area contributed by atoms with E-state index in [1.54, 1.807) is 12.4 Å². The lowest BCUT2D eigenvalue weighted by Gasteiger charge is -2.17. The van der Waals surface area contributed by atoms with Crippen LogP contribution < -0.4 is 4.90 Å². The van der Waals surface area contributed by atoms with Crippen LogP contribution >= 0.6 is 0 Å². The van der Waals surface area contributed by atoms with Crippen LogP contribution in [0.1, 0.15) is 27.0 Å². The van der Waals surface area contributed by atoms with Crippen LogP contribution in [0.15, 0.2) is 36.7 Å². The van der Waals surface area contributed by atoms with Gasteiger partial charge in [0.1, 0.15) is 0 Å². The van der Waals surface area contributed by atoms with Crippen LogP contribution in [0.2, 0.25) is 0 Å². The summed E-state index contributed by atoms with van der Waals surface area (Å²) in [6.45, 7) is 4.73. The Balaban J connectivity index is 2.04. The van der Waals surface area contributed by atoms with Gasteiger partial charge in [0.05, 0.1) is 12.1 Å². The van der Waals surface area contributed by atoms with Gasteiger partial charge in [0.15, 0.2) is 0 Å². The number of benzene rings is 1. The molecule has 0 fully saturated rings. The predicted octanol–water partition coefficient (Wildman–Crippen LogP) is 2.86. The Bertz CT molecular complexity index is 614. The summed E-state index contributed by atoms with van der Waals surface area (Å²) in [7, 11) is 0. The molecule has 0 bridgehead atoms. The molecule has 1 amide bonds. The Labute approximate surface area is 106 Å². The maximum atomic E-state index is 12.3. The molecule has 1 aliphatic rings. The van der Waals surface area contributed by atoms with Crippen molar-refractivity contribution in [1.29, 1.82) is 0 Å². The number of fused-ring (bicyclic) bond motifs is 1. The van der Waals surface area contributed by atoms with E-state index in [4.69, 9.17) is 0 Å². The second kappa shape index (κ2) is 3.95. The predicted molar refractivity (Wildman–Crippen MR) is 70.7 cm³/mol. The summed E-state index contributed by atoms with van der Waals surface area (Å²) >= 11 is 0. The first-order chi connectivity index (χ1) is 8.65. The van der Waals surface area contributed by atoms with E-state index in [1.165, 1.54) is 11.1 Å². The van der Waals surface area contributed by atoms with Crippen molar-refractivity contribution in [3.05, 3.63) is 58.9 Å². The Hall–Kier alpha value is -2.16. The average Bonchev–Trinajstić information content (AvgIpc) is 2.66. The first-order valence-corrected chi connectivity index (χ1v) is 5.98. The van der Waals surface area contributed by atoms with Gasteiger partial charge in [-0.05, 0) is 48.7 Å². The molecule has 0 atom stereocenters. The fraction of sp³-hybridized carbons (Fsp3) is 0.200. The second-order valence-corrected chi connectivity index (χ2v) is 4.77. The summed E-state index contributed by atoms with van der Waals surface area (Å²) in [4.78, 5) is 18.1. The van der Waals surface area contributed by atoms with Crippen LogP contribution in [-0.2, 0) is 6.54 Å². The van der Waals surface area contributed by atoms with Crippen LogP contribution in [-0.4, -0.2) is 10.9 Å². The highest BCUT2D eigenvalue weighted by atomic mass is 16.2. The highest BCUT2D eigenvalue weighted by Crippen LogP contribution is 2.28. The molecule has 2 heterocycles. The van der Waals surface area contributed by atoms with Gasteiger partial charge in [0.2, 0.25) is 0 Å². The van der Waals surface area contributed by atoms with Gasteiger partial charge in [0.25, 0.3) is 5.91 Å². The van der Waals surface area contributed by atoms with Crippen LogP contribution in [0.3, 0.4) is 0 Å². The molecule has 3 nitrogen and oxygen atoms in total. The van der Waals surface area contributed by atoms with Crippen LogP contribution in [0.5, 0.6) is 0 Å². The lowest BCUT2D eigenvalue weighted by molar-refractivity contribution is 0.0996. The minimum Gasteiger partial charge on any atom is -0.304 e. The summed E-state index contributed by atoms with van der Waals surface area (Å²) in [5, 5.41) is 0. The van der Waals surface area contributed by atoms with Crippen molar-refractivity contribution < 1.29 is 4.79 Å². The monoisotopic (exact) mass is 238 g/mol. The molecule has 0 unspecified atom stereocenters. The molecule has 18 heavy (non-hydrogen) atoms. The molecule has 0 spiro atoms. The smallest absolute Gasteiger partial charge is 0.260 e. The molecular weight excluding hydrogens is 224 g/mol. The van der Waals surface area contributed by atoms with Gasteiger partial charge in [-0.15, -0.1) is 0 Å². The zero-order valence-electron chi connectivity index (χ0n) is 10.5. The van der Waals surface area contributed by atoms with Gasteiger partial charge in [0, 0.05) is 18.1 Å². The van der Waals surface area contributed by atoms with E-state index in [2.05, 4.69) is 11.1 Å². The van der Waals surface area contributed by atoms with Crippen LogP contribution in [0, 0.1) is 13.8 Å². The molecule has 3 rings (SSSR count). The zero-order valence-corrected chi connectivity index (χ0v) is 10.5. The number of aromatic nitrogens is 1. The Kier molecular flexibility index (Phi) is 2.40. The standard InChI is InChI=1S/C15H14N2O/c1-10-5-11(2)7-13(6-10)17-9-12-3-4-16-8-14(12)15(17)18/h3-8H,9H2,1-2H3. The second-order valence-electron chi connectivity index (χ2n) is 4.77. The molecule has 2 aromatic rings. The molecule has 3 heteroatoms. The molecule has 0 N–H and O–H groups in total. The van der Waals surface area contributed by atoms with E-state index < -0.39 is 0 Å². The highest BCUT2D eigenvalue weighted by molar-refractivity contribution is 6.09. The molecule has 0 aliphatic carbocycles. The van der Waals surface area contributed by atoms with Gasteiger partial charge in [-0.3, -0.25) is 9.78 Å². The summed E-state index contributed by atoms with van der Waals surface area (Å²) in [6, 6.07) is 8.11. The molecule has 0 radical (unpaired) electrons. The third kappa shape index (κ3) is 1.68. The van der Waals surface area contributed by atoms with Crippen molar-refractivity contribution in [3.63, 3.8) is 0 Å². The van der Waals surface area contributed by atoms with E-state index in [1.807, 2.05) is 36.9 Å². The number of anilines is 1. The Morgan fingerprint density at radius 2 is 1.89 bits per heavy atom. The number of aryl methyl sites for hydroxylation is 2. The minimum atomic E-state index is 0.0445. The van der Waals surface area contributed by atoms with Crippen molar-refractivity contribution in [2.75, 3.05) is 4.90 Å². The molecule has 90 valence electrons. The van der Waals surface area contributed by atoms with Gasteiger partial charge in [-0.1, -0.05) is 6.07 Å². The third-order valence-corrected chi connectivity index (χ3v) is 3.23. The fourth-order valence-corrected chi connectivity index (χ4v) is 2.46. The van der Waals surface area contributed by atoms with E-state index in [0.29, 0.717) is 6.54 Å². The molecule has 1 aromatic carbocycles. The Morgan fingerprint density at radius 1 is 1.17 bits per heavy atom. The molecule has 1 aromatic heterocycles. The van der Waals surface area contributed by atoms with Crippen LogP contribution in [0.4, 0.5) is 5.69 Å². The van der Waals surface area contributed by atoms with E-state index in [0.717, 1.165) is 16.8 Å². The number of carbonyl (C=O) groups is 1. The zero-order chi connectivity index (χ0) is 12.7. The van der Waals surface area contributed by atoms with Gasteiger partial charge in [-0.2, -0.15) is 0 Å². The summed E-state index contributed by atoms with van der Waals surface area (Å²) in [5.41, 5.74) is 5.08. The third-order valence-electron chi connectivity index (χ3n) is 3.23. The van der Waals surface area contributed by atoms with Crippen molar-refractivity contribution in [1.82, 2.24) is 4.98 Å². The molecule has 1 aliphatic heterocycles. The molecular formula is C15H14N2O. The maximum absolute atomic E-state index is 12.3. The number of amides is 1. The highest BCUT2D eigenvalue weighted by Gasteiger charge is 2.28. The minimum absolute atomic E-state index is 0.0445. The first kappa shape index (κ1) is 11.0. The number of hydrogen-bond donors (Lipinski definition) is 0. The average molecular weight is 238 g/mol. The molecule has 0 saturated carbocycles. The van der Waals surface area contributed by atoms with Crippen LogP contribution in [0.25, 0.3) is 0 Å². The summed E-state index contributed by atoms with van der Waals surface area (Å²) in [5.74, 6) is 0.0445. The summed E-state index contributed by atoms with van der Waals surface area (Å²) < 4.78 is 0. The van der Waals surface area contributed by atoms with Crippen molar-refractivity contribution in [3.8, 4) is 0 Å². The normalized spacial score (nSPS) is 13.9. The van der Waals surface area contributed by atoms with Crippen molar-refractivity contribution in [2.24, 2.45) is 0 Å². The van der Waals surface area contributed by atoms with Gasteiger partial charge >= 0.3 is 0 Å². The van der Waals surface area contributed by atoms with Gasteiger partial charge < -0.3 is 4.90 Å². The quantitative estimate of drug-likeness (QED) is 0.765. The van der Waals surface area contributed by atoms with E-state index in [-0.39, 0.29) is 5.91 Å². The number of hydrogen-bond acceptors (Lipinski definition) is 2. The maximum Gasteiger partial charge on any atom is 0.260 e. The summed E-state index contributed by atoms with van der Waals surface area (Å²) in [6.07, 6.45) is 3.39. The van der Waals surface area contributed by atoms with Crippen molar-refractivity contribution >= 4 is 11.6 Å². The lowest BCUT2D eigenvalue weighted by Crippen LogP contribution is -2.23. The van der Waals surface area contributed by atoms with E-state index >= 15 is 0 Å². The number of nitrogens with zero attached hydrogens (tertiary/aromatic N) is 2.